The molecule has 2 aliphatic rings. The van der Waals surface area contributed by atoms with E-state index in [0.717, 1.165) is 50.0 Å². The summed E-state index contributed by atoms with van der Waals surface area (Å²) in [5.41, 5.74) is 2.49. The van der Waals surface area contributed by atoms with Crippen LogP contribution in [0.5, 0.6) is 0 Å². The van der Waals surface area contributed by atoms with E-state index in [1.807, 2.05) is 36.4 Å². The van der Waals surface area contributed by atoms with Gasteiger partial charge in [-0.05, 0) is 36.6 Å². The van der Waals surface area contributed by atoms with Gasteiger partial charge in [-0.3, -0.25) is 4.79 Å². The van der Waals surface area contributed by atoms with Crippen molar-refractivity contribution in [3.05, 3.63) is 59.7 Å². The number of methoxy groups -OCH3 is 1. The van der Waals surface area contributed by atoms with Crippen LogP contribution in [0.25, 0.3) is 0 Å². The van der Waals surface area contributed by atoms with Gasteiger partial charge in [-0.1, -0.05) is 43.2 Å². The zero-order valence-electron chi connectivity index (χ0n) is 17.4. The SMILES string of the molecule is COC(=O)c1ccc(N2CCOCC2)c(NC(=O)C2(c3ccccc3)CCCC2)c1. The molecule has 1 aliphatic carbocycles. The lowest BCUT2D eigenvalue weighted by atomic mass is 9.78. The molecule has 1 amide bonds. The van der Waals surface area contributed by atoms with Crippen LogP contribution in [-0.4, -0.2) is 45.3 Å². The molecule has 0 bridgehead atoms. The maximum atomic E-state index is 13.7. The fourth-order valence-corrected chi connectivity index (χ4v) is 4.59. The minimum atomic E-state index is -0.537. The predicted octanol–water partition coefficient (Wildman–Crippen LogP) is 3.76. The normalized spacial score (nSPS) is 18.1. The molecule has 0 spiro atoms. The number of anilines is 2. The molecule has 1 N–H and O–H groups in total. The summed E-state index contributed by atoms with van der Waals surface area (Å²) in [5, 5.41) is 3.18. The molecule has 2 fully saturated rings. The molecule has 158 valence electrons. The van der Waals surface area contributed by atoms with Gasteiger partial charge >= 0.3 is 5.97 Å². The standard InChI is InChI=1S/C24H28N2O4/c1-29-22(27)18-9-10-21(26-13-15-30-16-14-26)20(17-18)25-23(28)24(11-5-6-12-24)19-7-3-2-4-8-19/h2-4,7-10,17H,5-6,11-16H2,1H3,(H,25,28). The Kier molecular flexibility index (Phi) is 6.04. The van der Waals surface area contributed by atoms with Crippen LogP contribution in [0.4, 0.5) is 11.4 Å². The van der Waals surface area contributed by atoms with Crippen molar-refractivity contribution in [1.82, 2.24) is 0 Å². The first-order valence-corrected chi connectivity index (χ1v) is 10.6. The molecule has 30 heavy (non-hydrogen) atoms. The van der Waals surface area contributed by atoms with Gasteiger partial charge in [-0.25, -0.2) is 4.79 Å². The predicted molar refractivity (Wildman–Crippen MR) is 116 cm³/mol. The van der Waals surface area contributed by atoms with Gasteiger partial charge < -0.3 is 19.7 Å². The minimum Gasteiger partial charge on any atom is -0.465 e. The monoisotopic (exact) mass is 408 g/mol. The molecule has 0 unspecified atom stereocenters. The highest BCUT2D eigenvalue weighted by Crippen LogP contribution is 2.42. The minimum absolute atomic E-state index is 0.0114. The number of morpholine rings is 1. The molecule has 2 aromatic rings. The lowest BCUT2D eigenvalue weighted by Crippen LogP contribution is -2.40. The van der Waals surface area contributed by atoms with Crippen molar-refractivity contribution in [3.8, 4) is 0 Å². The smallest absolute Gasteiger partial charge is 0.337 e. The zero-order valence-corrected chi connectivity index (χ0v) is 17.4. The van der Waals surface area contributed by atoms with E-state index < -0.39 is 11.4 Å². The van der Waals surface area contributed by atoms with Gasteiger partial charge in [-0.15, -0.1) is 0 Å². The van der Waals surface area contributed by atoms with Crippen molar-refractivity contribution in [2.75, 3.05) is 43.6 Å². The number of carbonyl (C=O) groups is 2. The van der Waals surface area contributed by atoms with Gasteiger partial charge in [0.25, 0.3) is 0 Å². The van der Waals surface area contributed by atoms with Crippen molar-refractivity contribution in [2.45, 2.75) is 31.1 Å². The summed E-state index contributed by atoms with van der Waals surface area (Å²) >= 11 is 0. The Labute approximate surface area is 177 Å². The molecular weight excluding hydrogens is 380 g/mol. The molecule has 4 rings (SSSR count). The first kappa shape index (κ1) is 20.4. The fourth-order valence-electron chi connectivity index (χ4n) is 4.59. The number of nitrogens with zero attached hydrogens (tertiary/aromatic N) is 1. The highest BCUT2D eigenvalue weighted by Gasteiger charge is 2.42. The van der Waals surface area contributed by atoms with Gasteiger partial charge in [0.2, 0.25) is 5.91 Å². The van der Waals surface area contributed by atoms with Crippen LogP contribution in [0, 0.1) is 0 Å². The summed E-state index contributed by atoms with van der Waals surface area (Å²) in [4.78, 5) is 27.9. The number of carbonyl (C=O) groups excluding carboxylic acids is 2. The molecule has 0 aromatic heterocycles. The summed E-state index contributed by atoms with van der Waals surface area (Å²) in [6, 6.07) is 15.4. The molecule has 1 saturated carbocycles. The Morgan fingerprint density at radius 1 is 1.03 bits per heavy atom. The van der Waals surface area contributed by atoms with E-state index >= 15 is 0 Å². The number of hydrogen-bond donors (Lipinski definition) is 1. The number of nitrogens with one attached hydrogen (secondary N) is 1. The molecule has 2 aromatic carbocycles. The highest BCUT2D eigenvalue weighted by molar-refractivity contribution is 6.03. The zero-order chi connectivity index (χ0) is 21.0. The van der Waals surface area contributed by atoms with Crippen molar-refractivity contribution in [1.29, 1.82) is 0 Å². The Bertz CT molecular complexity index is 901. The number of hydrogen-bond acceptors (Lipinski definition) is 5. The van der Waals surface area contributed by atoms with Gasteiger partial charge in [0, 0.05) is 13.1 Å². The molecule has 1 heterocycles. The van der Waals surface area contributed by atoms with E-state index in [4.69, 9.17) is 9.47 Å². The Morgan fingerprint density at radius 2 is 1.73 bits per heavy atom. The van der Waals surface area contributed by atoms with E-state index in [-0.39, 0.29) is 5.91 Å². The van der Waals surface area contributed by atoms with Gasteiger partial charge in [0.15, 0.2) is 0 Å². The second-order valence-electron chi connectivity index (χ2n) is 7.93. The number of esters is 1. The van der Waals surface area contributed by atoms with Crippen LogP contribution in [0.15, 0.2) is 48.5 Å². The largest absolute Gasteiger partial charge is 0.465 e. The summed E-state index contributed by atoms with van der Waals surface area (Å²) in [6.45, 7) is 2.76. The topological polar surface area (TPSA) is 67.9 Å². The number of rotatable bonds is 5. The Hall–Kier alpha value is -2.86. The molecular formula is C24H28N2O4. The average Bonchev–Trinajstić information content (AvgIpc) is 3.31. The second-order valence-corrected chi connectivity index (χ2v) is 7.93. The quantitative estimate of drug-likeness (QED) is 0.763. The molecule has 6 heteroatoms. The Balaban J connectivity index is 1.69. The summed E-state index contributed by atoms with van der Waals surface area (Å²) < 4.78 is 10.4. The summed E-state index contributed by atoms with van der Waals surface area (Å²) in [5.74, 6) is -0.430. The third-order valence-electron chi connectivity index (χ3n) is 6.24. The lowest BCUT2D eigenvalue weighted by Gasteiger charge is -2.33. The first-order chi connectivity index (χ1) is 14.6. The van der Waals surface area contributed by atoms with Crippen LogP contribution in [0.2, 0.25) is 0 Å². The van der Waals surface area contributed by atoms with E-state index in [2.05, 4.69) is 10.2 Å². The fraction of sp³-hybridized carbons (Fsp3) is 0.417. The van der Waals surface area contributed by atoms with Gasteiger partial charge in [-0.2, -0.15) is 0 Å². The molecule has 1 saturated heterocycles. The maximum absolute atomic E-state index is 13.7. The first-order valence-electron chi connectivity index (χ1n) is 10.6. The van der Waals surface area contributed by atoms with Crippen LogP contribution in [0.3, 0.4) is 0 Å². The third kappa shape index (κ3) is 3.92. The number of benzene rings is 2. The molecule has 0 atom stereocenters. The maximum Gasteiger partial charge on any atom is 0.337 e. The molecule has 1 aliphatic heterocycles. The van der Waals surface area contributed by atoms with Crippen LogP contribution in [-0.2, 0) is 19.7 Å². The average molecular weight is 408 g/mol. The third-order valence-corrected chi connectivity index (χ3v) is 6.24. The van der Waals surface area contributed by atoms with Crippen LogP contribution in [0.1, 0.15) is 41.6 Å². The molecule has 0 radical (unpaired) electrons. The molecule has 6 nitrogen and oxygen atoms in total. The van der Waals surface area contributed by atoms with Crippen molar-refractivity contribution < 1.29 is 19.1 Å². The van der Waals surface area contributed by atoms with E-state index in [1.54, 1.807) is 12.1 Å². The van der Waals surface area contributed by atoms with E-state index in [0.29, 0.717) is 24.5 Å². The van der Waals surface area contributed by atoms with Gasteiger partial charge in [0.05, 0.1) is 42.7 Å². The van der Waals surface area contributed by atoms with E-state index in [1.165, 1.54) is 7.11 Å². The van der Waals surface area contributed by atoms with Crippen molar-refractivity contribution in [2.24, 2.45) is 0 Å². The number of ether oxygens (including phenoxy) is 2. The van der Waals surface area contributed by atoms with Crippen LogP contribution >= 0.6 is 0 Å². The van der Waals surface area contributed by atoms with Crippen molar-refractivity contribution >= 4 is 23.3 Å². The summed E-state index contributed by atoms with van der Waals surface area (Å²) in [7, 11) is 1.36. The Morgan fingerprint density at radius 3 is 2.40 bits per heavy atom. The van der Waals surface area contributed by atoms with E-state index in [9.17, 15) is 9.59 Å². The van der Waals surface area contributed by atoms with Crippen molar-refractivity contribution in [3.63, 3.8) is 0 Å². The second kappa shape index (κ2) is 8.88. The lowest BCUT2D eigenvalue weighted by molar-refractivity contribution is -0.121. The number of amides is 1. The van der Waals surface area contributed by atoms with Gasteiger partial charge in [0.1, 0.15) is 0 Å². The summed E-state index contributed by atoms with van der Waals surface area (Å²) in [6.07, 6.45) is 3.71. The van der Waals surface area contributed by atoms with Crippen LogP contribution < -0.4 is 10.2 Å². The highest BCUT2D eigenvalue weighted by atomic mass is 16.5.